The highest BCUT2D eigenvalue weighted by Crippen LogP contribution is 2.15. The van der Waals surface area contributed by atoms with E-state index in [9.17, 15) is 0 Å². The highest BCUT2D eigenvalue weighted by molar-refractivity contribution is 4.72. The molecule has 0 aromatic rings. The maximum Gasteiger partial charge on any atom is 0.0116 e. The van der Waals surface area contributed by atoms with Gasteiger partial charge in [0, 0.05) is 6.04 Å². The fraction of sp³-hybridized carbons (Fsp3) is 1.00. The summed E-state index contributed by atoms with van der Waals surface area (Å²) in [4.78, 5) is 2.66. The predicted octanol–water partition coefficient (Wildman–Crippen LogP) is 3.54. The van der Waals surface area contributed by atoms with Gasteiger partial charge in [-0.2, -0.15) is 0 Å². The lowest BCUT2D eigenvalue weighted by molar-refractivity contribution is 0.150. The molecule has 1 nitrogen and oxygen atoms in total. The molecule has 0 heterocycles. The summed E-state index contributed by atoms with van der Waals surface area (Å²) >= 11 is 0. The van der Waals surface area contributed by atoms with Crippen LogP contribution in [0.1, 0.15) is 53.9 Å². The molecule has 1 heteroatoms. The maximum absolute atomic E-state index is 2.66. The van der Waals surface area contributed by atoms with Crippen molar-refractivity contribution in [2.75, 3.05) is 13.1 Å². The third-order valence-electron chi connectivity index (χ3n) is 2.68. The van der Waals surface area contributed by atoms with Crippen molar-refractivity contribution in [1.82, 2.24) is 4.90 Å². The van der Waals surface area contributed by atoms with Crippen LogP contribution >= 0.6 is 0 Å². The molecule has 80 valence electrons. The van der Waals surface area contributed by atoms with E-state index in [4.69, 9.17) is 0 Å². The fourth-order valence-electron chi connectivity index (χ4n) is 2.17. The van der Waals surface area contributed by atoms with Gasteiger partial charge in [-0.05, 0) is 38.3 Å². The first-order chi connectivity index (χ1) is 6.17. The second-order valence-corrected chi connectivity index (χ2v) is 4.26. The van der Waals surface area contributed by atoms with E-state index >= 15 is 0 Å². The SMILES string of the molecule is CCCN(CCC)C(CC)C(C)C. The standard InChI is InChI=1S/C12H27N/c1-6-9-13(10-7-2)12(8-3)11(4)5/h11-12H,6-10H2,1-5H3. The number of rotatable bonds is 7. The molecule has 0 aliphatic carbocycles. The zero-order valence-electron chi connectivity index (χ0n) is 10.1. The van der Waals surface area contributed by atoms with Crippen LogP contribution in [0.25, 0.3) is 0 Å². The number of hydrogen-bond donors (Lipinski definition) is 0. The van der Waals surface area contributed by atoms with Gasteiger partial charge in [0.2, 0.25) is 0 Å². The van der Waals surface area contributed by atoms with Crippen LogP contribution in [0.5, 0.6) is 0 Å². The summed E-state index contributed by atoms with van der Waals surface area (Å²) in [7, 11) is 0. The molecule has 0 amide bonds. The Morgan fingerprint density at radius 3 is 1.62 bits per heavy atom. The molecule has 0 fully saturated rings. The van der Waals surface area contributed by atoms with Crippen molar-refractivity contribution in [1.29, 1.82) is 0 Å². The van der Waals surface area contributed by atoms with Gasteiger partial charge in [-0.1, -0.05) is 34.6 Å². The van der Waals surface area contributed by atoms with Crippen molar-refractivity contribution in [3.63, 3.8) is 0 Å². The summed E-state index contributed by atoms with van der Waals surface area (Å²) in [5, 5.41) is 0. The zero-order valence-corrected chi connectivity index (χ0v) is 10.1. The Kier molecular flexibility index (Phi) is 7.35. The third kappa shape index (κ3) is 4.66. The Morgan fingerprint density at radius 2 is 1.38 bits per heavy atom. The van der Waals surface area contributed by atoms with Crippen LogP contribution in [0.2, 0.25) is 0 Å². The molecule has 0 N–H and O–H groups in total. The largest absolute Gasteiger partial charge is 0.300 e. The van der Waals surface area contributed by atoms with Crippen molar-refractivity contribution < 1.29 is 0 Å². The van der Waals surface area contributed by atoms with E-state index in [1.54, 1.807) is 0 Å². The third-order valence-corrected chi connectivity index (χ3v) is 2.68. The van der Waals surface area contributed by atoms with Crippen molar-refractivity contribution in [3.8, 4) is 0 Å². The van der Waals surface area contributed by atoms with Gasteiger partial charge in [0.25, 0.3) is 0 Å². The van der Waals surface area contributed by atoms with Crippen LogP contribution in [0.3, 0.4) is 0 Å². The quantitative estimate of drug-likeness (QED) is 0.586. The number of nitrogens with zero attached hydrogens (tertiary/aromatic N) is 1. The number of hydrogen-bond acceptors (Lipinski definition) is 1. The van der Waals surface area contributed by atoms with Crippen LogP contribution in [-0.2, 0) is 0 Å². The molecule has 0 saturated heterocycles. The Morgan fingerprint density at radius 1 is 0.923 bits per heavy atom. The normalized spacial score (nSPS) is 14.1. The smallest absolute Gasteiger partial charge is 0.0116 e. The van der Waals surface area contributed by atoms with Crippen LogP contribution in [0.4, 0.5) is 0 Å². The second-order valence-electron chi connectivity index (χ2n) is 4.26. The summed E-state index contributed by atoms with van der Waals surface area (Å²) in [6, 6.07) is 0.792. The Labute approximate surface area is 84.5 Å². The van der Waals surface area contributed by atoms with Gasteiger partial charge in [0.1, 0.15) is 0 Å². The lowest BCUT2D eigenvalue weighted by Crippen LogP contribution is -2.39. The van der Waals surface area contributed by atoms with Crippen molar-refractivity contribution in [2.45, 2.75) is 59.9 Å². The van der Waals surface area contributed by atoms with Gasteiger partial charge in [0.05, 0.1) is 0 Å². The predicted molar refractivity (Wildman–Crippen MR) is 61.1 cm³/mol. The molecule has 0 rings (SSSR count). The lowest BCUT2D eigenvalue weighted by atomic mass is 9.99. The monoisotopic (exact) mass is 185 g/mol. The fourth-order valence-corrected chi connectivity index (χ4v) is 2.17. The van der Waals surface area contributed by atoms with E-state index in [-0.39, 0.29) is 0 Å². The molecule has 0 aromatic heterocycles. The molecular formula is C12H27N. The molecule has 0 saturated carbocycles. The highest BCUT2D eigenvalue weighted by atomic mass is 15.1. The molecule has 0 aliphatic rings. The minimum Gasteiger partial charge on any atom is -0.300 e. The maximum atomic E-state index is 2.66. The van der Waals surface area contributed by atoms with Crippen molar-refractivity contribution >= 4 is 0 Å². The van der Waals surface area contributed by atoms with Crippen LogP contribution < -0.4 is 0 Å². The van der Waals surface area contributed by atoms with Gasteiger partial charge in [-0.3, -0.25) is 0 Å². The molecule has 0 aliphatic heterocycles. The molecule has 0 aromatic carbocycles. The van der Waals surface area contributed by atoms with Gasteiger partial charge in [0.15, 0.2) is 0 Å². The Balaban J connectivity index is 4.11. The van der Waals surface area contributed by atoms with E-state index < -0.39 is 0 Å². The van der Waals surface area contributed by atoms with E-state index in [0.717, 1.165) is 12.0 Å². The molecule has 0 bridgehead atoms. The van der Waals surface area contributed by atoms with Crippen LogP contribution in [0.15, 0.2) is 0 Å². The average Bonchev–Trinajstić information content (AvgIpc) is 2.05. The van der Waals surface area contributed by atoms with Gasteiger partial charge in [-0.25, -0.2) is 0 Å². The second kappa shape index (κ2) is 7.37. The molecule has 0 spiro atoms. The van der Waals surface area contributed by atoms with Gasteiger partial charge >= 0.3 is 0 Å². The highest BCUT2D eigenvalue weighted by Gasteiger charge is 2.17. The first-order valence-corrected chi connectivity index (χ1v) is 5.91. The zero-order chi connectivity index (χ0) is 10.3. The van der Waals surface area contributed by atoms with Crippen molar-refractivity contribution in [2.24, 2.45) is 5.92 Å². The average molecular weight is 185 g/mol. The Hall–Kier alpha value is -0.0400. The first-order valence-electron chi connectivity index (χ1n) is 5.91. The summed E-state index contributed by atoms with van der Waals surface area (Å²) in [5.41, 5.74) is 0. The summed E-state index contributed by atoms with van der Waals surface area (Å²) in [5.74, 6) is 0.795. The van der Waals surface area contributed by atoms with Gasteiger partial charge < -0.3 is 4.90 Å². The topological polar surface area (TPSA) is 3.24 Å². The summed E-state index contributed by atoms with van der Waals surface area (Å²) < 4.78 is 0. The van der Waals surface area contributed by atoms with E-state index in [0.29, 0.717) is 0 Å². The van der Waals surface area contributed by atoms with E-state index in [1.807, 2.05) is 0 Å². The molecule has 13 heavy (non-hydrogen) atoms. The first kappa shape index (κ1) is 13.0. The summed E-state index contributed by atoms with van der Waals surface area (Å²) in [6.45, 7) is 14.1. The van der Waals surface area contributed by atoms with E-state index in [2.05, 4.69) is 39.5 Å². The van der Waals surface area contributed by atoms with Crippen LogP contribution in [0, 0.1) is 5.92 Å². The minimum absolute atomic E-state index is 0.792. The lowest BCUT2D eigenvalue weighted by Gasteiger charge is -2.33. The Bertz CT molecular complexity index is 104. The summed E-state index contributed by atoms with van der Waals surface area (Å²) in [6.07, 6.45) is 3.85. The van der Waals surface area contributed by atoms with E-state index in [1.165, 1.54) is 32.4 Å². The van der Waals surface area contributed by atoms with Crippen LogP contribution in [-0.4, -0.2) is 24.0 Å². The molecule has 0 radical (unpaired) electrons. The van der Waals surface area contributed by atoms with Crippen molar-refractivity contribution in [3.05, 3.63) is 0 Å². The van der Waals surface area contributed by atoms with Gasteiger partial charge in [-0.15, -0.1) is 0 Å². The molecule has 1 unspecified atom stereocenters. The molecular weight excluding hydrogens is 158 g/mol. The molecule has 1 atom stereocenters. The minimum atomic E-state index is 0.792.